The molecule has 8 nitrogen and oxygen atoms in total. The van der Waals surface area contributed by atoms with Gasteiger partial charge in [0.1, 0.15) is 17.2 Å². The van der Waals surface area contributed by atoms with E-state index in [2.05, 4.69) is 0 Å². The van der Waals surface area contributed by atoms with Gasteiger partial charge in [0.25, 0.3) is 5.56 Å². The molecule has 0 atom stereocenters. The smallest absolute Gasteiger partial charge is 0.332 e. The molecule has 0 unspecified atom stereocenters. The van der Waals surface area contributed by atoms with Crippen LogP contribution < -0.4 is 17.0 Å². The van der Waals surface area contributed by atoms with E-state index in [1.165, 1.54) is 13.1 Å². The van der Waals surface area contributed by atoms with Gasteiger partial charge in [-0.05, 0) is 24.5 Å². The maximum atomic E-state index is 14.6. The third-order valence-electron chi connectivity index (χ3n) is 6.62. The van der Waals surface area contributed by atoms with Crippen molar-refractivity contribution in [1.82, 2.24) is 9.13 Å². The molecule has 2 N–H and O–H groups in total. The Morgan fingerprint density at radius 1 is 1.03 bits per heavy atom. The maximum Gasteiger partial charge on any atom is 0.332 e. The van der Waals surface area contributed by atoms with Crippen LogP contribution in [0.5, 0.6) is 0 Å². The van der Waals surface area contributed by atoms with Crippen molar-refractivity contribution in [3.05, 3.63) is 97.9 Å². The number of nitrogen functional groups attached to an aromatic ring is 1. The zero-order valence-corrected chi connectivity index (χ0v) is 19.3. The summed E-state index contributed by atoms with van der Waals surface area (Å²) in [6.45, 7) is -0.700. The van der Waals surface area contributed by atoms with E-state index in [0.29, 0.717) is 12.8 Å². The van der Waals surface area contributed by atoms with Crippen molar-refractivity contribution in [1.29, 1.82) is 0 Å². The molecule has 0 saturated heterocycles. The first-order chi connectivity index (χ1) is 16.8. The summed E-state index contributed by atoms with van der Waals surface area (Å²) in [5.74, 6) is -2.36. The van der Waals surface area contributed by atoms with Crippen LogP contribution in [-0.2, 0) is 28.5 Å². The molecule has 0 aliphatic heterocycles. The second kappa shape index (κ2) is 9.69. The zero-order chi connectivity index (χ0) is 25.2. The number of Topliss-reactive ketones (excluding diaryl/α,β-unsaturated/α-hetero) is 1. The fourth-order valence-corrected chi connectivity index (χ4v) is 4.72. The number of nitrogens with zero attached hydrogens (tertiary/aromatic N) is 2. The minimum Gasteiger partial charge on any atom is -0.457 e. The lowest BCUT2D eigenvalue weighted by Gasteiger charge is -2.27. The molecule has 9 heteroatoms. The summed E-state index contributed by atoms with van der Waals surface area (Å²) in [4.78, 5) is 51.6. The normalized spacial score (nSPS) is 14.6. The number of halogens is 1. The van der Waals surface area contributed by atoms with E-state index in [1.54, 1.807) is 42.5 Å². The molecule has 1 aliphatic rings. The number of rotatable bonds is 7. The highest BCUT2D eigenvalue weighted by Crippen LogP contribution is 2.43. The van der Waals surface area contributed by atoms with E-state index < -0.39 is 46.4 Å². The van der Waals surface area contributed by atoms with Crippen LogP contribution >= 0.6 is 0 Å². The lowest BCUT2D eigenvalue weighted by molar-refractivity contribution is -0.149. The Morgan fingerprint density at radius 2 is 1.66 bits per heavy atom. The molecule has 1 saturated carbocycles. The molecule has 3 aromatic rings. The van der Waals surface area contributed by atoms with Crippen molar-refractivity contribution in [3.63, 3.8) is 0 Å². The third kappa shape index (κ3) is 4.41. The molecule has 1 aliphatic carbocycles. The molecular formula is C26H26FN3O5. The van der Waals surface area contributed by atoms with Crippen LogP contribution in [0.4, 0.5) is 10.2 Å². The highest BCUT2D eigenvalue weighted by atomic mass is 19.1. The van der Waals surface area contributed by atoms with E-state index in [0.717, 1.165) is 27.5 Å². The third-order valence-corrected chi connectivity index (χ3v) is 6.62. The Balaban J connectivity index is 1.62. The van der Waals surface area contributed by atoms with Gasteiger partial charge in [0.15, 0.2) is 6.61 Å². The Kier molecular flexibility index (Phi) is 6.68. The number of esters is 1. The summed E-state index contributed by atoms with van der Waals surface area (Å²) in [6, 6.07) is 15.0. The van der Waals surface area contributed by atoms with Gasteiger partial charge < -0.3 is 10.5 Å². The molecule has 1 fully saturated rings. The number of nitrogens with two attached hydrogens (primary N) is 1. The largest absolute Gasteiger partial charge is 0.457 e. The monoisotopic (exact) mass is 479 g/mol. The molecule has 2 aromatic carbocycles. The average Bonchev–Trinajstić information content (AvgIpc) is 3.36. The Labute approximate surface area is 200 Å². The molecule has 1 heterocycles. The van der Waals surface area contributed by atoms with Crippen LogP contribution in [0.1, 0.15) is 47.2 Å². The van der Waals surface area contributed by atoms with E-state index >= 15 is 0 Å². The fraction of sp³-hybridized carbons (Fsp3) is 0.308. The van der Waals surface area contributed by atoms with E-state index in [-0.39, 0.29) is 17.9 Å². The first-order valence-electron chi connectivity index (χ1n) is 11.3. The van der Waals surface area contributed by atoms with Crippen molar-refractivity contribution in [2.45, 2.75) is 37.6 Å². The van der Waals surface area contributed by atoms with Crippen LogP contribution in [0.2, 0.25) is 0 Å². The van der Waals surface area contributed by atoms with Crippen LogP contribution in [-0.4, -0.2) is 27.5 Å². The van der Waals surface area contributed by atoms with Gasteiger partial charge in [0.05, 0.1) is 12.0 Å². The second-order valence-electron chi connectivity index (χ2n) is 8.75. The van der Waals surface area contributed by atoms with Gasteiger partial charge in [0, 0.05) is 12.6 Å². The highest BCUT2D eigenvalue weighted by Gasteiger charge is 2.46. The molecule has 0 spiro atoms. The molecule has 182 valence electrons. The predicted molar refractivity (Wildman–Crippen MR) is 128 cm³/mol. The zero-order valence-electron chi connectivity index (χ0n) is 19.3. The van der Waals surface area contributed by atoms with Crippen molar-refractivity contribution in [2.24, 2.45) is 7.05 Å². The molecular weight excluding hydrogens is 453 g/mol. The van der Waals surface area contributed by atoms with Gasteiger partial charge in [0.2, 0.25) is 5.78 Å². The summed E-state index contributed by atoms with van der Waals surface area (Å²) in [7, 11) is 1.25. The second-order valence-corrected chi connectivity index (χ2v) is 8.75. The summed E-state index contributed by atoms with van der Waals surface area (Å²) in [5.41, 5.74) is 3.93. The SMILES string of the molecule is Cn1c(=O)c(C(=O)COC(=O)C2(c3ccccc3F)CCCC2)c(N)n(Cc2ccccc2)c1=O. The molecule has 1 aromatic heterocycles. The number of carbonyl (C=O) groups excluding carboxylic acids is 2. The lowest BCUT2D eigenvalue weighted by Crippen LogP contribution is -2.43. The van der Waals surface area contributed by atoms with Crippen molar-refractivity contribution in [3.8, 4) is 0 Å². The van der Waals surface area contributed by atoms with Crippen LogP contribution in [0.3, 0.4) is 0 Å². The Hall–Kier alpha value is -4.01. The summed E-state index contributed by atoms with van der Waals surface area (Å²) in [6.07, 6.45) is 2.23. The van der Waals surface area contributed by atoms with Crippen LogP contribution in [0.15, 0.2) is 64.2 Å². The average molecular weight is 480 g/mol. The minimum absolute atomic E-state index is 0.0517. The highest BCUT2D eigenvalue weighted by molar-refractivity contribution is 6.01. The van der Waals surface area contributed by atoms with Gasteiger partial charge in [-0.1, -0.05) is 61.4 Å². The lowest BCUT2D eigenvalue weighted by atomic mass is 9.78. The van der Waals surface area contributed by atoms with Crippen molar-refractivity contribution >= 4 is 17.6 Å². The number of hydrogen-bond donors (Lipinski definition) is 1. The summed E-state index contributed by atoms with van der Waals surface area (Å²) < 4.78 is 21.8. The van der Waals surface area contributed by atoms with E-state index in [4.69, 9.17) is 10.5 Å². The standard InChI is InChI=1S/C26H26FN3O5/c1-29-23(32)21(22(28)30(25(29)34)15-17-9-3-2-4-10-17)20(31)16-35-24(33)26(13-7-8-14-26)18-11-5-6-12-19(18)27/h2-6,9-12H,7-8,13-16,28H2,1H3. The first-order valence-corrected chi connectivity index (χ1v) is 11.3. The topological polar surface area (TPSA) is 113 Å². The molecule has 0 radical (unpaired) electrons. The number of benzene rings is 2. The number of hydrogen-bond acceptors (Lipinski definition) is 6. The number of ether oxygens (including phenoxy) is 1. The van der Waals surface area contributed by atoms with Crippen LogP contribution in [0.25, 0.3) is 0 Å². The number of anilines is 1. The predicted octanol–water partition coefficient (Wildman–Crippen LogP) is 2.55. The maximum absolute atomic E-state index is 14.6. The van der Waals surface area contributed by atoms with Gasteiger partial charge in [-0.2, -0.15) is 0 Å². The van der Waals surface area contributed by atoms with Gasteiger partial charge in [-0.25, -0.2) is 9.18 Å². The van der Waals surface area contributed by atoms with E-state index in [1.807, 2.05) is 6.07 Å². The molecule has 4 rings (SSSR count). The summed E-state index contributed by atoms with van der Waals surface area (Å²) in [5, 5.41) is 0. The molecule has 0 bridgehead atoms. The number of aromatic nitrogens is 2. The van der Waals surface area contributed by atoms with Crippen LogP contribution in [0, 0.1) is 5.82 Å². The van der Waals surface area contributed by atoms with Crippen molar-refractivity contribution in [2.75, 3.05) is 12.3 Å². The molecule has 0 amide bonds. The van der Waals surface area contributed by atoms with Gasteiger partial charge in [-0.3, -0.25) is 23.5 Å². The quantitative estimate of drug-likeness (QED) is 0.412. The van der Waals surface area contributed by atoms with E-state index in [9.17, 15) is 23.6 Å². The van der Waals surface area contributed by atoms with Gasteiger partial charge >= 0.3 is 11.7 Å². The Morgan fingerprint density at radius 3 is 2.31 bits per heavy atom. The number of ketones is 1. The minimum atomic E-state index is -1.19. The number of carbonyl (C=O) groups is 2. The summed E-state index contributed by atoms with van der Waals surface area (Å²) >= 11 is 0. The Bertz CT molecular complexity index is 1390. The fourth-order valence-electron chi connectivity index (χ4n) is 4.72. The van der Waals surface area contributed by atoms with Gasteiger partial charge in [-0.15, -0.1) is 0 Å². The molecule has 35 heavy (non-hydrogen) atoms. The first kappa shape index (κ1) is 24.1. The van der Waals surface area contributed by atoms with Crippen molar-refractivity contribution < 1.29 is 18.7 Å².